The molecule has 0 aromatic heterocycles. The number of carbonyl (C=O) groups is 3. The molecule has 1 aliphatic rings. The van der Waals surface area contributed by atoms with Gasteiger partial charge in [-0.05, 0) is 62.3 Å². The first-order valence-corrected chi connectivity index (χ1v) is 13.7. The molecule has 0 bridgehead atoms. The van der Waals surface area contributed by atoms with E-state index in [4.69, 9.17) is 23.7 Å². The second-order valence-corrected chi connectivity index (χ2v) is 9.63. The van der Waals surface area contributed by atoms with Crippen molar-refractivity contribution in [1.82, 2.24) is 0 Å². The molecule has 3 rings (SSSR count). The molecule has 0 amide bonds. The van der Waals surface area contributed by atoms with E-state index in [0.717, 1.165) is 49.0 Å². The Labute approximate surface area is 235 Å². The largest absolute Gasteiger partial charge is 0.494 e. The summed E-state index contributed by atoms with van der Waals surface area (Å²) in [6.45, 7) is 8.38. The maximum absolute atomic E-state index is 12.3. The molecule has 216 valence electrons. The van der Waals surface area contributed by atoms with Crippen LogP contribution in [0.4, 0.5) is 0 Å². The van der Waals surface area contributed by atoms with Gasteiger partial charge in [-0.2, -0.15) is 0 Å². The topological polar surface area (TPSA) is 118 Å². The van der Waals surface area contributed by atoms with Gasteiger partial charge in [0.25, 0.3) is 0 Å². The number of ether oxygens (including phenoxy) is 5. The zero-order valence-corrected chi connectivity index (χ0v) is 23.1. The Bertz CT molecular complexity index is 1120. The van der Waals surface area contributed by atoms with Gasteiger partial charge >= 0.3 is 17.9 Å². The normalized spacial score (nSPS) is 18.2. The fourth-order valence-corrected chi connectivity index (χ4v) is 3.98. The monoisotopic (exact) mass is 554 g/mol. The van der Waals surface area contributed by atoms with E-state index in [9.17, 15) is 19.5 Å². The van der Waals surface area contributed by atoms with Crippen molar-refractivity contribution < 1.29 is 43.2 Å². The van der Waals surface area contributed by atoms with E-state index in [1.165, 1.54) is 0 Å². The number of benzene rings is 2. The molecular weight excluding hydrogens is 516 g/mol. The molecule has 1 N–H and O–H groups in total. The first-order chi connectivity index (χ1) is 19.3. The van der Waals surface area contributed by atoms with Gasteiger partial charge in [0.15, 0.2) is 18.5 Å². The summed E-state index contributed by atoms with van der Waals surface area (Å²) in [6, 6.07) is 15.1. The van der Waals surface area contributed by atoms with Gasteiger partial charge in [0.2, 0.25) is 0 Å². The quantitative estimate of drug-likeness (QED) is 0.160. The van der Waals surface area contributed by atoms with Crippen molar-refractivity contribution in [2.75, 3.05) is 19.8 Å². The molecule has 2 aromatic carbocycles. The molecule has 9 nitrogen and oxygen atoms in total. The number of esters is 2. The smallest absolute Gasteiger partial charge is 0.338 e. The summed E-state index contributed by atoms with van der Waals surface area (Å²) in [4.78, 5) is 35.3. The summed E-state index contributed by atoms with van der Waals surface area (Å²) >= 11 is 0. The molecule has 0 saturated carbocycles. The molecule has 1 unspecified atom stereocenters. The minimum Gasteiger partial charge on any atom is -0.494 e. The first kappa shape index (κ1) is 30.8. The summed E-state index contributed by atoms with van der Waals surface area (Å²) in [7, 11) is 0. The van der Waals surface area contributed by atoms with Crippen LogP contribution in [0, 0.1) is 0 Å². The van der Waals surface area contributed by atoms with Gasteiger partial charge < -0.3 is 28.8 Å². The minimum atomic E-state index is -1.43. The van der Waals surface area contributed by atoms with E-state index < -0.39 is 30.4 Å². The van der Waals surface area contributed by atoms with E-state index in [2.05, 4.69) is 6.58 Å². The summed E-state index contributed by atoms with van der Waals surface area (Å²) in [6.07, 6.45) is 1.46. The van der Waals surface area contributed by atoms with Crippen LogP contribution in [0.1, 0.15) is 64.2 Å². The molecule has 0 radical (unpaired) electrons. The van der Waals surface area contributed by atoms with Crippen LogP contribution < -0.4 is 4.74 Å². The lowest BCUT2D eigenvalue weighted by molar-refractivity contribution is -0.161. The lowest BCUT2D eigenvalue weighted by atomic mass is 10.0. The van der Waals surface area contributed by atoms with Gasteiger partial charge in [0, 0.05) is 11.1 Å². The van der Waals surface area contributed by atoms with Crippen LogP contribution in [0.15, 0.2) is 60.7 Å². The van der Waals surface area contributed by atoms with E-state index >= 15 is 0 Å². The number of rotatable bonds is 16. The summed E-state index contributed by atoms with van der Waals surface area (Å²) in [5.74, 6) is -1.58. The molecule has 1 fully saturated rings. The molecule has 0 spiro atoms. The summed E-state index contributed by atoms with van der Waals surface area (Å²) in [5.41, 5.74) is 2.95. The molecule has 2 aromatic rings. The zero-order valence-electron chi connectivity index (χ0n) is 23.1. The number of aliphatic carboxylic acids is 1. The van der Waals surface area contributed by atoms with Crippen LogP contribution >= 0.6 is 0 Å². The van der Waals surface area contributed by atoms with Crippen LogP contribution in [0.2, 0.25) is 0 Å². The van der Waals surface area contributed by atoms with Crippen molar-refractivity contribution in [2.24, 2.45) is 0 Å². The standard InChI is InChI=1S/C31H38O9/c1-4-5-18-38-30(35)27-26(28(32)33)39-31(40-27)24-12-10-22(11-13-24)23-14-16-25(17-15-23)36-19-8-6-7-9-20-37-29(34)21(2)3/h10-17,26-27,31H,2,4-9,18-20H2,1,3H3,(H,32,33)/t26-,27-,31?/m1/s1. The van der Waals surface area contributed by atoms with Gasteiger partial charge in [-0.15, -0.1) is 0 Å². The van der Waals surface area contributed by atoms with Crippen LogP contribution in [0.3, 0.4) is 0 Å². The highest BCUT2D eigenvalue weighted by atomic mass is 16.7. The highest BCUT2D eigenvalue weighted by Gasteiger charge is 2.46. The Balaban J connectivity index is 1.44. The third-order valence-electron chi connectivity index (χ3n) is 6.29. The Kier molecular flexibility index (Phi) is 12.2. The predicted octanol–water partition coefficient (Wildman–Crippen LogP) is 5.62. The third-order valence-corrected chi connectivity index (χ3v) is 6.29. The number of carboxylic acids is 1. The third kappa shape index (κ3) is 9.20. The van der Waals surface area contributed by atoms with Crippen LogP contribution in [0.5, 0.6) is 5.75 Å². The number of carbonyl (C=O) groups excluding carboxylic acids is 2. The van der Waals surface area contributed by atoms with Crippen molar-refractivity contribution in [3.05, 3.63) is 66.2 Å². The average Bonchev–Trinajstić information content (AvgIpc) is 3.41. The van der Waals surface area contributed by atoms with E-state index in [0.29, 0.717) is 30.8 Å². The lowest BCUT2D eigenvalue weighted by Crippen LogP contribution is -2.38. The number of unbranched alkanes of at least 4 members (excludes halogenated alkanes) is 4. The van der Waals surface area contributed by atoms with Crippen LogP contribution in [-0.2, 0) is 33.3 Å². The average molecular weight is 555 g/mol. The molecular formula is C31H38O9. The van der Waals surface area contributed by atoms with Crippen molar-refractivity contribution >= 4 is 17.9 Å². The minimum absolute atomic E-state index is 0.209. The molecule has 1 heterocycles. The van der Waals surface area contributed by atoms with E-state index in [1.807, 2.05) is 43.3 Å². The summed E-state index contributed by atoms with van der Waals surface area (Å²) < 4.78 is 27.3. The SMILES string of the molecule is C=C(C)C(=O)OCCCCCCOc1ccc(-c2ccc(C3O[C@@H](C(=O)O)[C@H](C(=O)OCCCC)O3)cc2)cc1. The van der Waals surface area contributed by atoms with Gasteiger partial charge in [-0.3, -0.25) is 0 Å². The molecule has 40 heavy (non-hydrogen) atoms. The van der Waals surface area contributed by atoms with Crippen molar-refractivity contribution in [1.29, 1.82) is 0 Å². The predicted molar refractivity (Wildman–Crippen MR) is 148 cm³/mol. The second kappa shape index (κ2) is 15.8. The molecule has 1 aliphatic heterocycles. The Hall–Kier alpha value is -3.69. The zero-order chi connectivity index (χ0) is 28.9. The summed E-state index contributed by atoms with van der Waals surface area (Å²) in [5, 5.41) is 9.49. The maximum Gasteiger partial charge on any atom is 0.338 e. The van der Waals surface area contributed by atoms with Gasteiger partial charge in [0.05, 0.1) is 19.8 Å². The Morgan fingerprint density at radius 1 is 0.800 bits per heavy atom. The first-order valence-electron chi connectivity index (χ1n) is 13.7. The Morgan fingerprint density at radius 3 is 1.98 bits per heavy atom. The second-order valence-electron chi connectivity index (χ2n) is 9.63. The van der Waals surface area contributed by atoms with Crippen LogP contribution in [0.25, 0.3) is 11.1 Å². The van der Waals surface area contributed by atoms with Gasteiger partial charge in [0.1, 0.15) is 5.75 Å². The van der Waals surface area contributed by atoms with Gasteiger partial charge in [-0.25, -0.2) is 14.4 Å². The molecule has 0 aliphatic carbocycles. The maximum atomic E-state index is 12.3. The number of hydrogen-bond acceptors (Lipinski definition) is 8. The van der Waals surface area contributed by atoms with E-state index in [1.54, 1.807) is 19.1 Å². The highest BCUT2D eigenvalue weighted by molar-refractivity contribution is 5.87. The fraction of sp³-hybridized carbons (Fsp3) is 0.452. The van der Waals surface area contributed by atoms with Crippen LogP contribution in [-0.4, -0.2) is 55.0 Å². The van der Waals surface area contributed by atoms with Crippen molar-refractivity contribution in [2.45, 2.75) is 70.9 Å². The molecule has 3 atom stereocenters. The van der Waals surface area contributed by atoms with E-state index in [-0.39, 0.29) is 12.6 Å². The van der Waals surface area contributed by atoms with Crippen molar-refractivity contribution in [3.63, 3.8) is 0 Å². The number of hydrogen-bond donors (Lipinski definition) is 1. The van der Waals surface area contributed by atoms with Gasteiger partial charge in [-0.1, -0.05) is 56.3 Å². The highest BCUT2D eigenvalue weighted by Crippen LogP contribution is 2.33. The Morgan fingerprint density at radius 2 is 1.38 bits per heavy atom. The fourth-order valence-electron chi connectivity index (χ4n) is 3.98. The molecule has 9 heteroatoms. The lowest BCUT2D eigenvalue weighted by Gasteiger charge is -2.12. The number of carboxylic acid groups (broad SMARTS) is 1. The molecule has 1 saturated heterocycles. The van der Waals surface area contributed by atoms with Crippen molar-refractivity contribution in [3.8, 4) is 16.9 Å².